The fourth-order valence-electron chi connectivity index (χ4n) is 2.32. The highest BCUT2D eigenvalue weighted by Gasteiger charge is 2.13. The first kappa shape index (κ1) is 14.3. The first-order valence-corrected chi connectivity index (χ1v) is 6.68. The molecule has 20 heavy (non-hydrogen) atoms. The van der Waals surface area contributed by atoms with Crippen LogP contribution in [0, 0.1) is 5.82 Å². The number of aliphatic carboxylic acids is 1. The van der Waals surface area contributed by atoms with Crippen LogP contribution in [0.15, 0.2) is 48.5 Å². The van der Waals surface area contributed by atoms with Crippen LogP contribution in [0.1, 0.15) is 31.2 Å². The van der Waals surface area contributed by atoms with Crippen LogP contribution in [0.2, 0.25) is 0 Å². The second-order valence-electron chi connectivity index (χ2n) is 4.84. The molecule has 2 aromatic carbocycles. The lowest BCUT2D eigenvalue weighted by atomic mass is 9.92. The lowest BCUT2D eigenvalue weighted by Gasteiger charge is -2.13. The molecule has 0 bridgehead atoms. The van der Waals surface area contributed by atoms with Crippen molar-refractivity contribution < 1.29 is 14.3 Å². The van der Waals surface area contributed by atoms with E-state index in [9.17, 15) is 9.18 Å². The summed E-state index contributed by atoms with van der Waals surface area (Å²) in [6.07, 6.45) is 0.918. The summed E-state index contributed by atoms with van der Waals surface area (Å²) in [6.45, 7) is 1.98. The van der Waals surface area contributed by atoms with Gasteiger partial charge in [0.2, 0.25) is 0 Å². The van der Waals surface area contributed by atoms with Crippen molar-refractivity contribution in [2.75, 3.05) is 0 Å². The molecule has 0 fully saturated rings. The number of rotatable bonds is 5. The van der Waals surface area contributed by atoms with Crippen LogP contribution in [0.3, 0.4) is 0 Å². The third kappa shape index (κ3) is 3.44. The molecule has 0 heterocycles. The minimum atomic E-state index is -0.786. The summed E-state index contributed by atoms with van der Waals surface area (Å²) in [5.41, 5.74) is 2.76. The van der Waals surface area contributed by atoms with E-state index in [1.807, 2.05) is 37.3 Å². The van der Waals surface area contributed by atoms with Crippen molar-refractivity contribution in [3.05, 3.63) is 59.9 Å². The molecule has 2 rings (SSSR count). The van der Waals surface area contributed by atoms with Crippen LogP contribution in [-0.4, -0.2) is 11.1 Å². The Morgan fingerprint density at radius 1 is 1.15 bits per heavy atom. The quantitative estimate of drug-likeness (QED) is 0.872. The third-order valence-electron chi connectivity index (χ3n) is 3.45. The summed E-state index contributed by atoms with van der Waals surface area (Å²) in [6, 6.07) is 14.1. The molecule has 0 aliphatic heterocycles. The highest BCUT2D eigenvalue weighted by molar-refractivity contribution is 5.68. The molecule has 0 aromatic heterocycles. The molecular weight excluding hydrogens is 255 g/mol. The molecule has 0 aliphatic carbocycles. The van der Waals surface area contributed by atoms with E-state index < -0.39 is 5.97 Å². The number of carboxylic acids is 1. The van der Waals surface area contributed by atoms with Gasteiger partial charge in [-0.05, 0) is 41.2 Å². The van der Waals surface area contributed by atoms with Crippen molar-refractivity contribution in [1.82, 2.24) is 0 Å². The molecule has 0 amide bonds. The Bertz CT molecular complexity index is 590. The second kappa shape index (κ2) is 6.33. The molecule has 2 aromatic rings. The van der Waals surface area contributed by atoms with Crippen LogP contribution in [0.5, 0.6) is 0 Å². The maximum Gasteiger partial charge on any atom is 0.303 e. The maximum atomic E-state index is 13.2. The molecule has 104 valence electrons. The van der Waals surface area contributed by atoms with Gasteiger partial charge in [-0.2, -0.15) is 0 Å². The van der Waals surface area contributed by atoms with Crippen molar-refractivity contribution in [3.63, 3.8) is 0 Å². The standard InChI is InChI=1S/C17H17FO2/c1-2-12(11-17(19)20)13-6-8-14(9-7-13)15-4-3-5-16(18)10-15/h3-10,12H,2,11H2,1H3,(H,19,20). The van der Waals surface area contributed by atoms with Gasteiger partial charge in [0.25, 0.3) is 0 Å². The molecule has 2 nitrogen and oxygen atoms in total. The second-order valence-corrected chi connectivity index (χ2v) is 4.84. The Kier molecular flexibility index (Phi) is 4.51. The third-order valence-corrected chi connectivity index (χ3v) is 3.45. The maximum absolute atomic E-state index is 13.2. The monoisotopic (exact) mass is 272 g/mol. The van der Waals surface area contributed by atoms with E-state index in [-0.39, 0.29) is 18.2 Å². The first-order valence-electron chi connectivity index (χ1n) is 6.68. The van der Waals surface area contributed by atoms with Crippen LogP contribution in [-0.2, 0) is 4.79 Å². The molecule has 0 aliphatic rings. The molecule has 0 radical (unpaired) electrons. The summed E-state index contributed by atoms with van der Waals surface area (Å²) in [4.78, 5) is 10.8. The SMILES string of the molecule is CCC(CC(=O)O)c1ccc(-c2cccc(F)c2)cc1. The molecule has 3 heteroatoms. The number of benzene rings is 2. The van der Waals surface area contributed by atoms with Gasteiger partial charge in [-0.15, -0.1) is 0 Å². The van der Waals surface area contributed by atoms with Gasteiger partial charge in [0.05, 0.1) is 6.42 Å². The molecule has 0 spiro atoms. The van der Waals surface area contributed by atoms with Crippen molar-refractivity contribution in [1.29, 1.82) is 0 Å². The average Bonchev–Trinajstić information content (AvgIpc) is 2.45. The molecule has 1 N–H and O–H groups in total. The van der Waals surface area contributed by atoms with Gasteiger partial charge < -0.3 is 5.11 Å². The van der Waals surface area contributed by atoms with E-state index >= 15 is 0 Å². The Morgan fingerprint density at radius 2 is 1.85 bits per heavy atom. The zero-order valence-electron chi connectivity index (χ0n) is 11.3. The van der Waals surface area contributed by atoms with E-state index in [4.69, 9.17) is 5.11 Å². The number of hydrogen-bond acceptors (Lipinski definition) is 1. The van der Waals surface area contributed by atoms with Crippen molar-refractivity contribution in [2.24, 2.45) is 0 Å². The highest BCUT2D eigenvalue weighted by atomic mass is 19.1. The van der Waals surface area contributed by atoms with E-state index in [1.54, 1.807) is 6.07 Å². The first-order chi connectivity index (χ1) is 9.60. The van der Waals surface area contributed by atoms with Crippen molar-refractivity contribution in [2.45, 2.75) is 25.7 Å². The van der Waals surface area contributed by atoms with Gasteiger partial charge in [0, 0.05) is 0 Å². The van der Waals surface area contributed by atoms with E-state index in [0.717, 1.165) is 23.1 Å². The molecule has 1 atom stereocenters. The smallest absolute Gasteiger partial charge is 0.303 e. The summed E-state index contributed by atoms with van der Waals surface area (Å²) < 4.78 is 13.2. The van der Waals surface area contributed by atoms with Crippen molar-refractivity contribution >= 4 is 5.97 Å². The van der Waals surface area contributed by atoms with E-state index in [2.05, 4.69) is 0 Å². The molecule has 0 saturated heterocycles. The average molecular weight is 272 g/mol. The van der Waals surface area contributed by atoms with Crippen LogP contribution >= 0.6 is 0 Å². The zero-order valence-corrected chi connectivity index (χ0v) is 11.3. The number of halogens is 1. The predicted molar refractivity (Wildman–Crippen MR) is 77.1 cm³/mol. The Hall–Kier alpha value is -2.16. The largest absolute Gasteiger partial charge is 0.481 e. The number of carbonyl (C=O) groups is 1. The summed E-state index contributed by atoms with van der Waals surface area (Å²) in [5, 5.41) is 8.90. The Balaban J connectivity index is 2.23. The zero-order chi connectivity index (χ0) is 14.5. The Morgan fingerprint density at radius 3 is 2.40 bits per heavy atom. The number of carboxylic acid groups (broad SMARTS) is 1. The molecular formula is C17H17FO2. The normalized spacial score (nSPS) is 12.1. The summed E-state index contributed by atoms with van der Waals surface area (Å²) in [5.74, 6) is -1.02. The van der Waals surface area contributed by atoms with Crippen LogP contribution in [0.25, 0.3) is 11.1 Å². The van der Waals surface area contributed by atoms with Gasteiger partial charge in [-0.3, -0.25) is 4.79 Å². The highest BCUT2D eigenvalue weighted by Crippen LogP contribution is 2.27. The van der Waals surface area contributed by atoms with Gasteiger partial charge in [-0.1, -0.05) is 43.3 Å². The molecule has 1 unspecified atom stereocenters. The van der Waals surface area contributed by atoms with Crippen LogP contribution < -0.4 is 0 Å². The summed E-state index contributed by atoms with van der Waals surface area (Å²) >= 11 is 0. The van der Waals surface area contributed by atoms with Gasteiger partial charge in [-0.25, -0.2) is 4.39 Å². The fraction of sp³-hybridized carbons (Fsp3) is 0.235. The van der Waals surface area contributed by atoms with E-state index in [0.29, 0.717) is 0 Å². The minimum absolute atomic E-state index is 0.0223. The lowest BCUT2D eigenvalue weighted by molar-refractivity contribution is -0.137. The topological polar surface area (TPSA) is 37.3 Å². The van der Waals surface area contributed by atoms with Crippen LogP contribution in [0.4, 0.5) is 4.39 Å². The van der Waals surface area contributed by atoms with E-state index in [1.165, 1.54) is 12.1 Å². The summed E-state index contributed by atoms with van der Waals surface area (Å²) in [7, 11) is 0. The molecule has 0 saturated carbocycles. The van der Waals surface area contributed by atoms with Crippen molar-refractivity contribution in [3.8, 4) is 11.1 Å². The minimum Gasteiger partial charge on any atom is -0.481 e. The number of hydrogen-bond donors (Lipinski definition) is 1. The van der Waals surface area contributed by atoms with Gasteiger partial charge >= 0.3 is 5.97 Å². The Labute approximate surface area is 117 Å². The lowest BCUT2D eigenvalue weighted by Crippen LogP contribution is -2.05. The van der Waals surface area contributed by atoms with Gasteiger partial charge in [0.15, 0.2) is 0 Å². The predicted octanol–water partition coefficient (Wildman–Crippen LogP) is 4.46. The van der Waals surface area contributed by atoms with Gasteiger partial charge in [0.1, 0.15) is 5.82 Å². The fourth-order valence-corrected chi connectivity index (χ4v) is 2.32.